The lowest BCUT2D eigenvalue weighted by atomic mass is 9.69. The largest absolute Gasteiger partial charge is 0.383 e. The molecule has 0 aromatic heterocycles. The van der Waals surface area contributed by atoms with Gasteiger partial charge in [-0.05, 0) is 80.2 Å². The summed E-state index contributed by atoms with van der Waals surface area (Å²) in [7, 11) is 1.74. The standard InChI is InChI=1S/C28H32Cl3N3O2/c1-36-14-13-34-11-9-28(10-12-34,19-32-27(35)33-26-17-24(30)16-25(31)18-26)22-7-5-20(6-8-22)21-3-2-4-23(29)15-21/h2-5,7,15-18H,6,8-14,19H2,1H3,(H2,32,33,35). The van der Waals surface area contributed by atoms with E-state index in [9.17, 15) is 4.79 Å². The maximum atomic E-state index is 12.8. The van der Waals surface area contributed by atoms with Gasteiger partial charge in [-0.15, -0.1) is 0 Å². The van der Waals surface area contributed by atoms with Crippen molar-refractivity contribution in [1.29, 1.82) is 0 Å². The fourth-order valence-corrected chi connectivity index (χ4v) is 5.81. The number of nitrogens with one attached hydrogen (secondary N) is 2. The van der Waals surface area contributed by atoms with Gasteiger partial charge in [0.15, 0.2) is 0 Å². The molecule has 1 heterocycles. The van der Waals surface area contributed by atoms with Crippen LogP contribution in [0, 0.1) is 5.41 Å². The van der Waals surface area contributed by atoms with Gasteiger partial charge < -0.3 is 20.3 Å². The number of methoxy groups -OCH3 is 1. The fraction of sp³-hybridized carbons (Fsp3) is 0.393. The van der Waals surface area contributed by atoms with Gasteiger partial charge in [-0.25, -0.2) is 4.79 Å². The summed E-state index contributed by atoms with van der Waals surface area (Å²) >= 11 is 18.4. The number of nitrogens with zero attached hydrogens (tertiary/aromatic N) is 1. The van der Waals surface area contributed by atoms with E-state index in [-0.39, 0.29) is 11.4 Å². The predicted octanol–water partition coefficient (Wildman–Crippen LogP) is 7.30. The number of amides is 2. The molecule has 0 bridgehead atoms. The van der Waals surface area contributed by atoms with Crippen LogP contribution in [0.15, 0.2) is 60.2 Å². The molecule has 0 spiro atoms. The zero-order chi connectivity index (χ0) is 25.5. The lowest BCUT2D eigenvalue weighted by Gasteiger charge is -2.44. The monoisotopic (exact) mass is 547 g/mol. The third-order valence-corrected chi connectivity index (χ3v) is 7.83. The van der Waals surface area contributed by atoms with Crippen molar-refractivity contribution in [2.75, 3.05) is 45.2 Å². The first-order valence-electron chi connectivity index (χ1n) is 12.3. The number of likely N-dealkylation sites (tertiary alicyclic amines) is 1. The summed E-state index contributed by atoms with van der Waals surface area (Å²) in [6.07, 6.45) is 8.36. The van der Waals surface area contributed by atoms with Crippen LogP contribution >= 0.6 is 34.8 Å². The van der Waals surface area contributed by atoms with Gasteiger partial charge in [-0.2, -0.15) is 0 Å². The van der Waals surface area contributed by atoms with E-state index in [4.69, 9.17) is 39.5 Å². The molecule has 192 valence electrons. The molecular formula is C28H32Cl3N3O2. The number of hydrogen-bond donors (Lipinski definition) is 2. The van der Waals surface area contributed by atoms with E-state index in [1.165, 1.54) is 16.7 Å². The van der Waals surface area contributed by atoms with E-state index >= 15 is 0 Å². The van der Waals surface area contributed by atoms with E-state index < -0.39 is 0 Å². The number of benzene rings is 2. The van der Waals surface area contributed by atoms with Crippen molar-refractivity contribution in [3.05, 3.63) is 80.8 Å². The molecule has 4 rings (SSSR count). The van der Waals surface area contributed by atoms with Gasteiger partial charge in [0.25, 0.3) is 0 Å². The number of piperidine rings is 1. The second-order valence-corrected chi connectivity index (χ2v) is 10.8. The average molecular weight is 549 g/mol. The molecule has 2 N–H and O–H groups in total. The lowest BCUT2D eigenvalue weighted by molar-refractivity contribution is 0.0937. The minimum Gasteiger partial charge on any atom is -0.383 e. The molecule has 2 aromatic rings. The third kappa shape index (κ3) is 7.05. The first-order valence-corrected chi connectivity index (χ1v) is 13.4. The van der Waals surface area contributed by atoms with Crippen LogP contribution in [0.2, 0.25) is 15.1 Å². The van der Waals surface area contributed by atoms with Crippen LogP contribution in [0.3, 0.4) is 0 Å². The third-order valence-electron chi connectivity index (χ3n) is 7.16. The van der Waals surface area contributed by atoms with E-state index in [2.05, 4.69) is 33.8 Å². The van der Waals surface area contributed by atoms with Crippen molar-refractivity contribution in [2.24, 2.45) is 5.41 Å². The van der Waals surface area contributed by atoms with Gasteiger partial charge in [0, 0.05) is 46.4 Å². The van der Waals surface area contributed by atoms with Crippen LogP contribution in [0.4, 0.5) is 10.5 Å². The van der Waals surface area contributed by atoms with Gasteiger partial charge in [0.1, 0.15) is 0 Å². The molecule has 1 aliphatic carbocycles. The van der Waals surface area contributed by atoms with Gasteiger partial charge in [0.05, 0.1) is 6.61 Å². The number of carbonyl (C=O) groups excluding carboxylic acids is 1. The molecule has 1 fully saturated rings. The van der Waals surface area contributed by atoms with E-state index in [0.29, 0.717) is 22.3 Å². The number of carbonyl (C=O) groups is 1. The number of anilines is 1. The Labute approximate surface area is 228 Å². The molecule has 1 aliphatic heterocycles. The van der Waals surface area contributed by atoms with E-state index in [1.807, 2.05) is 18.2 Å². The molecular weight excluding hydrogens is 517 g/mol. The van der Waals surface area contributed by atoms with Crippen LogP contribution in [-0.4, -0.2) is 50.8 Å². The Balaban J connectivity index is 1.49. The smallest absolute Gasteiger partial charge is 0.319 e. The maximum Gasteiger partial charge on any atom is 0.319 e. The minimum absolute atomic E-state index is 0.0940. The Bertz CT molecular complexity index is 1120. The molecule has 8 heteroatoms. The van der Waals surface area contributed by atoms with E-state index in [0.717, 1.165) is 56.9 Å². The SMILES string of the molecule is COCCN1CCC(CNC(=O)Nc2cc(Cl)cc(Cl)c2)(C2=CC=C(c3cccc(Cl)c3)CC2)CC1. The Morgan fingerprint density at radius 2 is 1.75 bits per heavy atom. The topological polar surface area (TPSA) is 53.6 Å². The molecule has 0 atom stereocenters. The summed E-state index contributed by atoms with van der Waals surface area (Å²) in [5.74, 6) is 0. The molecule has 2 amide bonds. The summed E-state index contributed by atoms with van der Waals surface area (Å²) in [4.78, 5) is 15.2. The number of allylic oxidation sites excluding steroid dienone is 3. The van der Waals surface area contributed by atoms with Gasteiger partial charge in [-0.1, -0.05) is 64.7 Å². The Morgan fingerprint density at radius 3 is 2.39 bits per heavy atom. The molecule has 2 aliphatic rings. The highest BCUT2D eigenvalue weighted by Crippen LogP contribution is 2.43. The Morgan fingerprint density at radius 1 is 1.00 bits per heavy atom. The summed E-state index contributed by atoms with van der Waals surface area (Å²) in [6, 6.07) is 12.8. The summed E-state index contributed by atoms with van der Waals surface area (Å²) in [5.41, 5.74) is 4.32. The number of urea groups is 1. The van der Waals surface area contributed by atoms with Crippen LogP contribution in [0.5, 0.6) is 0 Å². The van der Waals surface area contributed by atoms with Gasteiger partial charge in [0.2, 0.25) is 0 Å². The molecule has 1 saturated heterocycles. The highest BCUT2D eigenvalue weighted by atomic mass is 35.5. The average Bonchev–Trinajstić information content (AvgIpc) is 2.86. The van der Waals surface area contributed by atoms with Crippen molar-refractivity contribution in [3.8, 4) is 0 Å². The number of rotatable bonds is 8. The van der Waals surface area contributed by atoms with Crippen molar-refractivity contribution >= 4 is 52.1 Å². The highest BCUT2D eigenvalue weighted by Gasteiger charge is 2.38. The highest BCUT2D eigenvalue weighted by molar-refractivity contribution is 6.35. The Kier molecular flexibility index (Phi) is 9.37. The Hall–Kier alpha value is -2.02. The maximum absolute atomic E-state index is 12.8. The molecule has 36 heavy (non-hydrogen) atoms. The van der Waals surface area contributed by atoms with Crippen LogP contribution in [0.1, 0.15) is 31.2 Å². The van der Waals surface area contributed by atoms with Crippen molar-refractivity contribution in [1.82, 2.24) is 10.2 Å². The summed E-state index contributed by atoms with van der Waals surface area (Å²) in [6.45, 7) is 4.16. The molecule has 5 nitrogen and oxygen atoms in total. The first kappa shape index (κ1) is 27.0. The number of hydrogen-bond acceptors (Lipinski definition) is 3. The second-order valence-electron chi connectivity index (χ2n) is 9.47. The van der Waals surface area contributed by atoms with Crippen molar-refractivity contribution in [3.63, 3.8) is 0 Å². The minimum atomic E-state index is -0.263. The lowest BCUT2D eigenvalue weighted by Crippen LogP contribution is -2.48. The fourth-order valence-electron chi connectivity index (χ4n) is 5.10. The molecule has 0 unspecified atom stereocenters. The van der Waals surface area contributed by atoms with E-state index in [1.54, 1.807) is 25.3 Å². The molecule has 0 radical (unpaired) electrons. The normalized spacial score (nSPS) is 17.8. The summed E-state index contributed by atoms with van der Waals surface area (Å²) in [5, 5.41) is 7.70. The molecule has 0 saturated carbocycles. The second kappa shape index (κ2) is 12.5. The number of halogens is 3. The number of ether oxygens (including phenoxy) is 1. The summed E-state index contributed by atoms with van der Waals surface area (Å²) < 4.78 is 5.27. The van der Waals surface area contributed by atoms with Crippen LogP contribution < -0.4 is 10.6 Å². The van der Waals surface area contributed by atoms with Crippen molar-refractivity contribution in [2.45, 2.75) is 25.7 Å². The zero-order valence-electron chi connectivity index (χ0n) is 20.5. The van der Waals surface area contributed by atoms with Gasteiger partial charge >= 0.3 is 6.03 Å². The van der Waals surface area contributed by atoms with Crippen LogP contribution in [0.25, 0.3) is 5.57 Å². The predicted molar refractivity (Wildman–Crippen MR) is 150 cm³/mol. The molecule has 2 aromatic carbocycles. The van der Waals surface area contributed by atoms with Crippen LogP contribution in [-0.2, 0) is 4.74 Å². The quantitative estimate of drug-likeness (QED) is 0.364. The zero-order valence-corrected chi connectivity index (χ0v) is 22.7. The van der Waals surface area contributed by atoms with Gasteiger partial charge in [-0.3, -0.25) is 0 Å². The first-order chi connectivity index (χ1) is 17.4. The van der Waals surface area contributed by atoms with Crippen molar-refractivity contribution < 1.29 is 9.53 Å².